The molecular formula is C25H34N8O4. The molecule has 3 aromatic heterocycles. The molecule has 0 atom stereocenters. The highest BCUT2D eigenvalue weighted by Gasteiger charge is 2.23. The van der Waals surface area contributed by atoms with Gasteiger partial charge in [0.05, 0.1) is 13.0 Å². The van der Waals surface area contributed by atoms with E-state index < -0.39 is 0 Å². The van der Waals surface area contributed by atoms with Crippen LogP contribution in [0.2, 0.25) is 0 Å². The molecule has 3 N–H and O–H groups in total. The molecule has 12 nitrogen and oxygen atoms in total. The van der Waals surface area contributed by atoms with Gasteiger partial charge in [0.15, 0.2) is 17.5 Å². The van der Waals surface area contributed by atoms with Crippen molar-refractivity contribution in [1.29, 1.82) is 0 Å². The van der Waals surface area contributed by atoms with Crippen LogP contribution < -0.4 is 17.0 Å². The number of nitrogen functional groups attached to an aromatic ring is 1. The molecule has 0 fully saturated rings. The number of aromatic nitrogens is 6. The first kappa shape index (κ1) is 26.3. The van der Waals surface area contributed by atoms with Crippen molar-refractivity contribution in [2.45, 2.75) is 52.7 Å². The fraction of sp³-hybridized carbons (Fsp3) is 0.480. The van der Waals surface area contributed by atoms with Crippen LogP contribution in [0, 0.1) is 0 Å². The first-order valence-corrected chi connectivity index (χ1v) is 12.6. The van der Waals surface area contributed by atoms with Crippen molar-refractivity contribution < 1.29 is 9.63 Å². The molecule has 0 unspecified atom stereocenters. The summed E-state index contributed by atoms with van der Waals surface area (Å²) in [5.41, 5.74) is 7.54. The van der Waals surface area contributed by atoms with E-state index in [9.17, 15) is 14.7 Å². The molecule has 37 heavy (non-hydrogen) atoms. The van der Waals surface area contributed by atoms with Crippen molar-refractivity contribution in [3.63, 3.8) is 0 Å². The Kier molecular flexibility index (Phi) is 8.51. The van der Waals surface area contributed by atoms with E-state index in [0.717, 1.165) is 12.1 Å². The minimum atomic E-state index is -0.382. The van der Waals surface area contributed by atoms with Crippen molar-refractivity contribution in [2.75, 3.05) is 32.0 Å². The molecule has 0 aliphatic heterocycles. The topological polar surface area (TPSA) is 150 Å². The molecule has 0 aliphatic carbocycles. The highest BCUT2D eigenvalue weighted by molar-refractivity contribution is 5.71. The average Bonchev–Trinajstić information content (AvgIpc) is 3.52. The fourth-order valence-electron chi connectivity index (χ4n) is 4.54. The summed E-state index contributed by atoms with van der Waals surface area (Å²) in [7, 11) is 0. The van der Waals surface area contributed by atoms with E-state index in [-0.39, 0.29) is 24.3 Å². The molecule has 0 amide bonds. The molecule has 0 spiro atoms. The lowest BCUT2D eigenvalue weighted by molar-refractivity contribution is 0.197. The number of aryl methyl sites for hydroxylation is 2. The predicted octanol–water partition coefficient (Wildman–Crippen LogP) is 0.883. The van der Waals surface area contributed by atoms with Gasteiger partial charge in [0.2, 0.25) is 5.89 Å². The highest BCUT2D eigenvalue weighted by Crippen LogP contribution is 2.16. The Morgan fingerprint density at radius 1 is 1.08 bits per heavy atom. The van der Waals surface area contributed by atoms with Gasteiger partial charge in [0, 0.05) is 38.4 Å². The van der Waals surface area contributed by atoms with Crippen molar-refractivity contribution >= 4 is 16.9 Å². The predicted molar refractivity (Wildman–Crippen MR) is 139 cm³/mol. The number of fused-ring (bicyclic) bond motifs is 1. The maximum absolute atomic E-state index is 13.7. The molecule has 12 heteroatoms. The zero-order valence-corrected chi connectivity index (χ0v) is 21.3. The lowest BCUT2D eigenvalue weighted by Gasteiger charge is -2.20. The number of hydrogen-bond acceptors (Lipinski definition) is 9. The Hall–Kier alpha value is -3.77. The minimum absolute atomic E-state index is 0.0419. The van der Waals surface area contributed by atoms with Crippen LogP contribution in [0.15, 0.2) is 44.7 Å². The number of imidazole rings is 1. The highest BCUT2D eigenvalue weighted by atomic mass is 16.5. The second-order valence-corrected chi connectivity index (χ2v) is 8.91. The number of benzene rings is 1. The van der Waals surface area contributed by atoms with Gasteiger partial charge in [-0.25, -0.2) is 9.78 Å². The Morgan fingerprint density at radius 3 is 2.59 bits per heavy atom. The van der Waals surface area contributed by atoms with E-state index in [2.05, 4.69) is 15.0 Å². The minimum Gasteiger partial charge on any atom is -0.399 e. The number of rotatable bonds is 13. The number of anilines is 1. The first-order chi connectivity index (χ1) is 18.0. The van der Waals surface area contributed by atoms with Gasteiger partial charge in [-0.05, 0) is 37.1 Å². The number of likely N-dealkylation sites (N-methyl/N-ethyl adjacent to an activating group) is 1. The maximum atomic E-state index is 13.7. The van der Waals surface area contributed by atoms with Crippen molar-refractivity contribution in [3.05, 3.63) is 68.7 Å². The molecule has 0 aliphatic rings. The van der Waals surface area contributed by atoms with E-state index in [1.807, 2.05) is 42.7 Å². The van der Waals surface area contributed by atoms with Crippen LogP contribution in [0.25, 0.3) is 11.2 Å². The molecule has 198 valence electrons. The molecule has 4 rings (SSSR count). The fourth-order valence-corrected chi connectivity index (χ4v) is 4.54. The van der Waals surface area contributed by atoms with Gasteiger partial charge in [-0.15, -0.1) is 0 Å². The van der Waals surface area contributed by atoms with Crippen LogP contribution >= 0.6 is 0 Å². The summed E-state index contributed by atoms with van der Waals surface area (Å²) >= 11 is 0. The van der Waals surface area contributed by atoms with Crippen LogP contribution in [0.4, 0.5) is 5.69 Å². The van der Waals surface area contributed by atoms with Gasteiger partial charge >= 0.3 is 5.69 Å². The molecule has 0 saturated heterocycles. The molecule has 0 saturated carbocycles. The Bertz CT molecular complexity index is 1440. The van der Waals surface area contributed by atoms with Crippen LogP contribution in [-0.2, 0) is 32.5 Å². The van der Waals surface area contributed by atoms with E-state index in [1.54, 1.807) is 4.57 Å². The van der Waals surface area contributed by atoms with Gasteiger partial charge in [-0.2, -0.15) is 4.98 Å². The third-order valence-corrected chi connectivity index (χ3v) is 6.44. The summed E-state index contributed by atoms with van der Waals surface area (Å²) in [6, 6.07) is 7.53. The smallest absolute Gasteiger partial charge is 0.332 e. The molecule has 0 radical (unpaired) electrons. The van der Waals surface area contributed by atoms with E-state index in [4.69, 9.17) is 15.2 Å². The van der Waals surface area contributed by atoms with Crippen molar-refractivity contribution in [1.82, 2.24) is 33.7 Å². The number of nitrogens with zero attached hydrogens (tertiary/aromatic N) is 7. The number of nitrogens with two attached hydrogens (primary N) is 1. The van der Waals surface area contributed by atoms with Gasteiger partial charge in [-0.1, -0.05) is 31.1 Å². The first-order valence-electron chi connectivity index (χ1n) is 12.6. The van der Waals surface area contributed by atoms with Crippen LogP contribution in [-0.4, -0.2) is 65.1 Å². The zero-order chi connectivity index (χ0) is 26.4. The second kappa shape index (κ2) is 12.0. The summed E-state index contributed by atoms with van der Waals surface area (Å²) in [5, 5.41) is 13.1. The molecule has 1 aromatic carbocycles. The molecule has 0 bridgehead atoms. The lowest BCUT2D eigenvalue weighted by atomic mass is 10.1. The number of hydrogen-bond donors (Lipinski definition) is 2. The SMILES string of the molecule is CCCn1c(=O)c2c(nc(Cc3ncno3)n2CCN(CC)CCO)n(CCc2cccc(N)c2)c1=O. The van der Waals surface area contributed by atoms with E-state index >= 15 is 0 Å². The van der Waals surface area contributed by atoms with Crippen LogP contribution in [0.1, 0.15) is 37.5 Å². The second-order valence-electron chi connectivity index (χ2n) is 8.91. The monoisotopic (exact) mass is 510 g/mol. The molecule has 3 heterocycles. The third-order valence-electron chi connectivity index (χ3n) is 6.44. The third kappa shape index (κ3) is 5.81. The lowest BCUT2D eigenvalue weighted by Crippen LogP contribution is -2.41. The van der Waals surface area contributed by atoms with Crippen molar-refractivity contribution in [3.8, 4) is 0 Å². The molecular weight excluding hydrogens is 476 g/mol. The summed E-state index contributed by atoms with van der Waals surface area (Å²) in [6.07, 6.45) is 2.73. The zero-order valence-electron chi connectivity index (χ0n) is 21.3. The summed E-state index contributed by atoms with van der Waals surface area (Å²) in [5.74, 6) is 0.921. The Balaban J connectivity index is 1.85. The van der Waals surface area contributed by atoms with Crippen molar-refractivity contribution in [2.24, 2.45) is 0 Å². The van der Waals surface area contributed by atoms with Gasteiger partial charge < -0.3 is 19.9 Å². The van der Waals surface area contributed by atoms with E-state index in [1.165, 1.54) is 10.9 Å². The van der Waals surface area contributed by atoms with E-state index in [0.29, 0.717) is 74.1 Å². The van der Waals surface area contributed by atoms with Gasteiger partial charge in [-0.3, -0.25) is 18.8 Å². The Labute approximate surface area is 214 Å². The number of aliphatic hydroxyl groups excluding tert-OH is 1. The standard InChI is InChI=1S/C25H34N8O4/c1-3-9-33-24(35)22-23(32(25(33)36)10-8-18-6-5-7-19(26)15-18)29-20(16-21-27-17-28-37-21)31(22)12-11-30(4-2)13-14-34/h5-7,15,17,34H,3-4,8-14,16,26H2,1-2H3. The average molecular weight is 511 g/mol. The summed E-state index contributed by atoms with van der Waals surface area (Å²) < 4.78 is 9.94. The molecule has 4 aromatic rings. The van der Waals surface area contributed by atoms with Crippen LogP contribution in [0.5, 0.6) is 0 Å². The van der Waals surface area contributed by atoms with Gasteiger partial charge in [0.25, 0.3) is 5.56 Å². The normalized spacial score (nSPS) is 11.7. The summed E-state index contributed by atoms with van der Waals surface area (Å²) in [6.45, 7) is 6.94. The van der Waals surface area contributed by atoms with Gasteiger partial charge in [0.1, 0.15) is 5.82 Å². The Morgan fingerprint density at radius 2 is 1.92 bits per heavy atom. The van der Waals surface area contributed by atoms with Crippen LogP contribution in [0.3, 0.4) is 0 Å². The quantitative estimate of drug-likeness (QED) is 0.250. The maximum Gasteiger partial charge on any atom is 0.332 e. The number of aliphatic hydroxyl groups is 1. The largest absolute Gasteiger partial charge is 0.399 e. The summed E-state index contributed by atoms with van der Waals surface area (Å²) in [4.78, 5) is 38.1.